The zero-order chi connectivity index (χ0) is 13.3. The number of rotatable bonds is 1. The highest BCUT2D eigenvalue weighted by atomic mass is 19.4. The van der Waals surface area contributed by atoms with Gasteiger partial charge in [-0.2, -0.15) is 13.2 Å². The molecule has 100 valence electrons. The lowest BCUT2D eigenvalue weighted by Gasteiger charge is -2.32. The first-order chi connectivity index (χ1) is 8.36. The van der Waals surface area contributed by atoms with Crippen molar-refractivity contribution >= 4 is 0 Å². The van der Waals surface area contributed by atoms with Crippen molar-refractivity contribution in [2.45, 2.75) is 44.4 Å². The van der Waals surface area contributed by atoms with Crippen molar-refractivity contribution in [1.29, 1.82) is 0 Å². The van der Waals surface area contributed by atoms with Crippen LogP contribution in [0.1, 0.15) is 36.4 Å². The summed E-state index contributed by atoms with van der Waals surface area (Å²) in [7, 11) is 0. The van der Waals surface area contributed by atoms with E-state index in [9.17, 15) is 17.6 Å². The third-order valence-corrected chi connectivity index (χ3v) is 3.25. The van der Waals surface area contributed by atoms with Gasteiger partial charge in [-0.3, -0.25) is 5.32 Å². The molecule has 1 aromatic rings. The molecule has 1 aromatic carbocycles. The van der Waals surface area contributed by atoms with E-state index in [1.807, 2.05) is 0 Å². The Kier molecular flexibility index (Phi) is 3.61. The molecule has 18 heavy (non-hydrogen) atoms. The van der Waals surface area contributed by atoms with Gasteiger partial charge in [-0.1, -0.05) is 6.07 Å². The average molecular weight is 261 g/mol. The van der Waals surface area contributed by atoms with Crippen LogP contribution in [0.4, 0.5) is 17.6 Å². The molecule has 1 N–H and O–H groups in total. The first-order valence-corrected chi connectivity index (χ1v) is 5.96. The van der Waals surface area contributed by atoms with Crippen LogP contribution < -0.4 is 5.32 Å². The Morgan fingerprint density at radius 1 is 1.17 bits per heavy atom. The maximum atomic E-state index is 13.3. The summed E-state index contributed by atoms with van der Waals surface area (Å²) in [6.45, 7) is 1.73. The number of aryl methyl sites for hydroxylation is 1. The molecular weight excluding hydrogens is 246 g/mol. The van der Waals surface area contributed by atoms with E-state index in [0.29, 0.717) is 18.4 Å². The van der Waals surface area contributed by atoms with Gasteiger partial charge in [0, 0.05) is 6.04 Å². The molecule has 0 aromatic heterocycles. The zero-order valence-corrected chi connectivity index (χ0v) is 10.0. The van der Waals surface area contributed by atoms with Crippen molar-refractivity contribution < 1.29 is 17.6 Å². The predicted molar refractivity (Wildman–Crippen MR) is 60.7 cm³/mol. The molecule has 1 fully saturated rings. The summed E-state index contributed by atoms with van der Waals surface area (Å²) in [5.41, 5.74) is 1.32. The summed E-state index contributed by atoms with van der Waals surface area (Å²) >= 11 is 0. The molecule has 1 aliphatic heterocycles. The second kappa shape index (κ2) is 4.88. The monoisotopic (exact) mass is 261 g/mol. The van der Waals surface area contributed by atoms with Crippen LogP contribution in [0.2, 0.25) is 0 Å². The summed E-state index contributed by atoms with van der Waals surface area (Å²) < 4.78 is 51.2. The van der Waals surface area contributed by atoms with Crippen LogP contribution in [0.15, 0.2) is 18.2 Å². The quantitative estimate of drug-likeness (QED) is 0.756. The van der Waals surface area contributed by atoms with Crippen LogP contribution in [0.3, 0.4) is 0 Å². The van der Waals surface area contributed by atoms with E-state index in [2.05, 4.69) is 5.32 Å². The number of alkyl halides is 3. The van der Waals surface area contributed by atoms with Crippen molar-refractivity contribution in [3.8, 4) is 0 Å². The predicted octanol–water partition coefficient (Wildman–Crippen LogP) is 3.88. The lowest BCUT2D eigenvalue weighted by atomic mass is 9.92. The topological polar surface area (TPSA) is 12.0 Å². The van der Waals surface area contributed by atoms with Gasteiger partial charge in [0.15, 0.2) is 0 Å². The van der Waals surface area contributed by atoms with Crippen LogP contribution in [-0.4, -0.2) is 12.2 Å². The fourth-order valence-corrected chi connectivity index (χ4v) is 2.42. The first-order valence-electron chi connectivity index (χ1n) is 5.96. The molecule has 2 atom stereocenters. The minimum Gasteiger partial charge on any atom is -0.299 e. The van der Waals surface area contributed by atoms with Crippen molar-refractivity contribution in [2.24, 2.45) is 0 Å². The molecule has 1 aliphatic rings. The van der Waals surface area contributed by atoms with Crippen molar-refractivity contribution in [1.82, 2.24) is 5.32 Å². The number of nitrogens with one attached hydrogen (secondary N) is 1. The van der Waals surface area contributed by atoms with E-state index in [-0.39, 0.29) is 6.42 Å². The van der Waals surface area contributed by atoms with Gasteiger partial charge in [-0.25, -0.2) is 4.39 Å². The summed E-state index contributed by atoms with van der Waals surface area (Å²) in [6.07, 6.45) is -3.04. The Morgan fingerprint density at radius 3 is 2.50 bits per heavy atom. The third kappa shape index (κ3) is 3.02. The molecule has 1 nitrogen and oxygen atoms in total. The number of benzene rings is 1. The molecule has 0 saturated carbocycles. The normalized spacial score (nSPS) is 25.2. The number of piperidine rings is 1. The molecule has 2 unspecified atom stereocenters. The summed E-state index contributed by atoms with van der Waals surface area (Å²) in [4.78, 5) is 0. The molecule has 1 saturated heterocycles. The highest BCUT2D eigenvalue weighted by molar-refractivity contribution is 5.26. The highest BCUT2D eigenvalue weighted by Gasteiger charge is 2.42. The molecule has 0 bridgehead atoms. The molecule has 1 heterocycles. The second-order valence-corrected chi connectivity index (χ2v) is 4.81. The number of halogens is 4. The van der Waals surface area contributed by atoms with Crippen molar-refractivity contribution in [3.05, 3.63) is 35.1 Å². The van der Waals surface area contributed by atoms with E-state index in [0.717, 1.165) is 5.56 Å². The van der Waals surface area contributed by atoms with Gasteiger partial charge >= 0.3 is 6.18 Å². The molecule has 5 heteroatoms. The van der Waals surface area contributed by atoms with Crippen LogP contribution in [0.5, 0.6) is 0 Å². The van der Waals surface area contributed by atoms with Crippen LogP contribution in [0.25, 0.3) is 0 Å². The smallest absolute Gasteiger partial charge is 0.299 e. The Hall–Kier alpha value is -1.10. The first kappa shape index (κ1) is 13.3. The van der Waals surface area contributed by atoms with E-state index in [1.54, 1.807) is 13.0 Å². The van der Waals surface area contributed by atoms with Gasteiger partial charge in [-0.15, -0.1) is 0 Å². The zero-order valence-electron chi connectivity index (χ0n) is 10.0. The van der Waals surface area contributed by atoms with Crippen molar-refractivity contribution in [3.63, 3.8) is 0 Å². The minimum absolute atomic E-state index is 0.0916. The molecule has 2 rings (SSSR count). The largest absolute Gasteiger partial charge is 0.403 e. The summed E-state index contributed by atoms with van der Waals surface area (Å²) in [6, 6.07) is 2.51. The fraction of sp³-hybridized carbons (Fsp3) is 0.538. The lowest BCUT2D eigenvalue weighted by Crippen LogP contribution is -2.46. The van der Waals surface area contributed by atoms with Crippen LogP contribution in [-0.2, 0) is 0 Å². The SMILES string of the molecule is Cc1cc(F)cc(C2CCCC(C(F)(F)F)N2)c1. The standard InChI is InChI=1S/C13H15F4N/c1-8-5-9(7-10(14)6-8)11-3-2-4-12(18-11)13(15,16)17/h5-7,11-12,18H,2-4H2,1H3. The Bertz CT molecular complexity index is 407. The highest BCUT2D eigenvalue weighted by Crippen LogP contribution is 2.33. The maximum absolute atomic E-state index is 13.3. The van der Waals surface area contributed by atoms with E-state index < -0.39 is 24.1 Å². The van der Waals surface area contributed by atoms with Crippen LogP contribution in [0, 0.1) is 12.7 Å². The van der Waals surface area contributed by atoms with Crippen LogP contribution >= 0.6 is 0 Å². The van der Waals surface area contributed by atoms with Gasteiger partial charge in [0.25, 0.3) is 0 Å². The lowest BCUT2D eigenvalue weighted by molar-refractivity contribution is -0.163. The Morgan fingerprint density at radius 2 is 1.89 bits per heavy atom. The number of hydrogen-bond acceptors (Lipinski definition) is 1. The van der Waals surface area contributed by atoms with Gasteiger partial charge in [0.05, 0.1) is 0 Å². The second-order valence-electron chi connectivity index (χ2n) is 4.81. The van der Waals surface area contributed by atoms with E-state index >= 15 is 0 Å². The van der Waals surface area contributed by atoms with Gasteiger partial charge in [0.1, 0.15) is 11.9 Å². The third-order valence-electron chi connectivity index (χ3n) is 3.25. The molecular formula is C13H15F4N. The van der Waals surface area contributed by atoms with Gasteiger partial charge in [0.2, 0.25) is 0 Å². The minimum atomic E-state index is -4.24. The Balaban J connectivity index is 2.18. The van der Waals surface area contributed by atoms with Gasteiger partial charge in [-0.05, 0) is 49.4 Å². The summed E-state index contributed by atoms with van der Waals surface area (Å²) in [5, 5.41) is 2.57. The molecule has 0 radical (unpaired) electrons. The van der Waals surface area contributed by atoms with E-state index in [1.165, 1.54) is 12.1 Å². The average Bonchev–Trinajstić information content (AvgIpc) is 2.27. The maximum Gasteiger partial charge on any atom is 0.403 e. The van der Waals surface area contributed by atoms with E-state index in [4.69, 9.17) is 0 Å². The summed E-state index contributed by atoms with van der Waals surface area (Å²) in [5.74, 6) is -0.402. The Labute approximate surface area is 103 Å². The fourth-order valence-electron chi connectivity index (χ4n) is 2.42. The molecule has 0 spiro atoms. The van der Waals surface area contributed by atoms with Crippen molar-refractivity contribution in [2.75, 3.05) is 0 Å². The molecule has 0 aliphatic carbocycles. The number of hydrogen-bond donors (Lipinski definition) is 1. The molecule has 0 amide bonds. The van der Waals surface area contributed by atoms with Gasteiger partial charge < -0.3 is 0 Å².